The minimum atomic E-state index is -5.78. The van der Waals surface area contributed by atoms with Gasteiger partial charge in [-0.3, -0.25) is 0 Å². The topological polar surface area (TPSA) is 24.4 Å². The zero-order valence-corrected chi connectivity index (χ0v) is 14.2. The van der Waals surface area contributed by atoms with E-state index in [0.29, 0.717) is 11.6 Å². The molecular formula is C17H9Cl2F5N2. The monoisotopic (exact) mass is 406 g/mol. The molecule has 3 rings (SSSR count). The van der Waals surface area contributed by atoms with E-state index >= 15 is 0 Å². The van der Waals surface area contributed by atoms with Crippen LogP contribution >= 0.6 is 23.2 Å². The van der Waals surface area contributed by atoms with Gasteiger partial charge in [-0.05, 0) is 18.2 Å². The zero-order chi connectivity index (χ0) is 19.1. The average Bonchev–Trinajstić information content (AvgIpc) is 2.75. The first-order valence-electron chi connectivity index (χ1n) is 7.16. The van der Waals surface area contributed by atoms with Crippen molar-refractivity contribution in [2.24, 2.45) is 4.99 Å². The van der Waals surface area contributed by atoms with E-state index in [1.54, 1.807) is 30.3 Å². The predicted molar refractivity (Wildman–Crippen MR) is 91.8 cm³/mol. The van der Waals surface area contributed by atoms with Gasteiger partial charge < -0.3 is 5.32 Å². The standard InChI is InChI=1S/C17H9Cl2F5N2/c18-10-6-13-14(7-11(10)19)26-15(16(20,21)17(22,23)24)8-12(25-13)9-4-2-1-3-5-9/h1-8,26H. The van der Waals surface area contributed by atoms with Gasteiger partial charge >= 0.3 is 12.1 Å². The molecule has 2 aromatic carbocycles. The number of hydrogen-bond donors (Lipinski definition) is 1. The van der Waals surface area contributed by atoms with Gasteiger partial charge in [-0.1, -0.05) is 53.5 Å². The maximum absolute atomic E-state index is 14.0. The highest BCUT2D eigenvalue weighted by Gasteiger charge is 2.60. The van der Waals surface area contributed by atoms with Crippen molar-refractivity contribution in [3.05, 3.63) is 69.8 Å². The van der Waals surface area contributed by atoms with E-state index in [9.17, 15) is 22.0 Å². The molecule has 0 radical (unpaired) electrons. The van der Waals surface area contributed by atoms with Gasteiger partial charge in [-0.2, -0.15) is 22.0 Å². The van der Waals surface area contributed by atoms with Gasteiger partial charge in [0.15, 0.2) is 0 Å². The van der Waals surface area contributed by atoms with E-state index in [2.05, 4.69) is 10.3 Å². The number of rotatable bonds is 2. The number of benzene rings is 2. The van der Waals surface area contributed by atoms with Crippen LogP contribution in [0.1, 0.15) is 5.56 Å². The van der Waals surface area contributed by atoms with Gasteiger partial charge in [-0.25, -0.2) is 4.99 Å². The van der Waals surface area contributed by atoms with Crippen LogP contribution in [0.15, 0.2) is 59.2 Å². The molecule has 0 spiro atoms. The summed E-state index contributed by atoms with van der Waals surface area (Å²) in [6.45, 7) is 0. The largest absolute Gasteiger partial charge is 0.459 e. The van der Waals surface area contributed by atoms with Crippen LogP contribution in [0.5, 0.6) is 0 Å². The molecule has 1 N–H and O–H groups in total. The number of aliphatic imine (C=N–C) groups is 1. The van der Waals surface area contributed by atoms with E-state index in [1.807, 2.05) is 0 Å². The second kappa shape index (κ2) is 6.55. The molecule has 9 heteroatoms. The molecule has 1 aliphatic heterocycles. The molecule has 0 bridgehead atoms. The number of hydrogen-bond acceptors (Lipinski definition) is 2. The summed E-state index contributed by atoms with van der Waals surface area (Å²) in [5.41, 5.74) is -1.09. The summed E-state index contributed by atoms with van der Waals surface area (Å²) >= 11 is 11.8. The normalized spacial score (nSPS) is 14.7. The van der Waals surface area contributed by atoms with Gasteiger partial charge in [0.05, 0.1) is 32.8 Å². The lowest BCUT2D eigenvalue weighted by atomic mass is 10.1. The van der Waals surface area contributed by atoms with Crippen molar-refractivity contribution in [1.82, 2.24) is 0 Å². The molecule has 0 unspecified atom stereocenters. The van der Waals surface area contributed by atoms with Gasteiger partial charge in [0.2, 0.25) is 0 Å². The first-order valence-corrected chi connectivity index (χ1v) is 7.92. The molecule has 0 saturated carbocycles. The Hall–Kier alpha value is -2.12. The molecule has 26 heavy (non-hydrogen) atoms. The average molecular weight is 407 g/mol. The Morgan fingerprint density at radius 3 is 2.12 bits per heavy atom. The van der Waals surface area contributed by atoms with E-state index in [-0.39, 0.29) is 27.1 Å². The van der Waals surface area contributed by atoms with Gasteiger partial charge in [-0.15, -0.1) is 0 Å². The molecule has 0 amide bonds. The Bertz CT molecular complexity index is 905. The van der Waals surface area contributed by atoms with Crippen LogP contribution in [-0.4, -0.2) is 17.8 Å². The lowest BCUT2D eigenvalue weighted by Crippen LogP contribution is -2.41. The highest BCUT2D eigenvalue weighted by Crippen LogP contribution is 2.44. The van der Waals surface area contributed by atoms with E-state index in [4.69, 9.17) is 23.2 Å². The highest BCUT2D eigenvalue weighted by atomic mass is 35.5. The quantitative estimate of drug-likeness (QED) is 0.556. The third kappa shape index (κ3) is 3.41. The molecule has 0 aromatic heterocycles. The lowest BCUT2D eigenvalue weighted by Gasteiger charge is -2.23. The second-order valence-corrected chi connectivity index (χ2v) is 6.22. The zero-order valence-electron chi connectivity index (χ0n) is 12.7. The second-order valence-electron chi connectivity index (χ2n) is 5.40. The molecule has 136 valence electrons. The van der Waals surface area contributed by atoms with Crippen LogP contribution in [0.4, 0.5) is 33.3 Å². The molecule has 0 saturated heterocycles. The number of halogens is 7. The van der Waals surface area contributed by atoms with Gasteiger partial charge in [0, 0.05) is 5.56 Å². The Labute approximate surface area is 154 Å². The number of nitrogens with one attached hydrogen (secondary N) is 1. The predicted octanol–water partition coefficient (Wildman–Crippen LogP) is 6.62. The molecule has 0 fully saturated rings. The Morgan fingerprint density at radius 2 is 1.50 bits per heavy atom. The fourth-order valence-electron chi connectivity index (χ4n) is 2.29. The summed E-state index contributed by atoms with van der Waals surface area (Å²) in [5.74, 6) is -5.11. The number of nitrogens with zero attached hydrogens (tertiary/aromatic N) is 1. The maximum atomic E-state index is 14.0. The highest BCUT2D eigenvalue weighted by molar-refractivity contribution is 6.42. The molecule has 0 atom stereocenters. The Morgan fingerprint density at radius 1 is 0.885 bits per heavy atom. The van der Waals surface area contributed by atoms with Crippen molar-refractivity contribution in [1.29, 1.82) is 0 Å². The van der Waals surface area contributed by atoms with Crippen LogP contribution in [-0.2, 0) is 0 Å². The first-order chi connectivity index (χ1) is 12.1. The van der Waals surface area contributed by atoms with Crippen molar-refractivity contribution in [3.63, 3.8) is 0 Å². The van der Waals surface area contributed by atoms with Crippen molar-refractivity contribution >= 4 is 40.3 Å². The lowest BCUT2D eigenvalue weighted by molar-refractivity contribution is -0.263. The minimum absolute atomic E-state index is 0.00838. The third-order valence-electron chi connectivity index (χ3n) is 3.59. The van der Waals surface area contributed by atoms with Crippen molar-refractivity contribution < 1.29 is 22.0 Å². The summed E-state index contributed by atoms with van der Waals surface area (Å²) in [6, 6.07) is 10.4. The summed E-state index contributed by atoms with van der Waals surface area (Å²) in [5, 5.41) is 2.19. The molecular weight excluding hydrogens is 398 g/mol. The van der Waals surface area contributed by atoms with Crippen molar-refractivity contribution in [3.8, 4) is 0 Å². The number of allylic oxidation sites excluding steroid dienone is 2. The SMILES string of the molecule is FC(F)(F)C(F)(F)C1=CC(c2ccccc2)=Nc2cc(Cl)c(Cl)cc2N1. The smallest absolute Gasteiger partial charge is 0.352 e. The summed E-state index contributed by atoms with van der Waals surface area (Å²) < 4.78 is 66.6. The number of fused-ring (bicyclic) bond motifs is 1. The minimum Gasteiger partial charge on any atom is -0.352 e. The van der Waals surface area contributed by atoms with E-state index in [1.165, 1.54) is 6.07 Å². The Kier molecular flexibility index (Phi) is 4.71. The number of anilines is 1. The summed E-state index contributed by atoms with van der Waals surface area (Å²) in [4.78, 5) is 4.19. The van der Waals surface area contributed by atoms with Crippen molar-refractivity contribution in [2.45, 2.75) is 12.1 Å². The maximum Gasteiger partial charge on any atom is 0.459 e. The fraction of sp³-hybridized carbons (Fsp3) is 0.118. The summed E-state index contributed by atoms with van der Waals surface area (Å²) in [6.07, 6.45) is -5.11. The third-order valence-corrected chi connectivity index (χ3v) is 4.32. The van der Waals surface area contributed by atoms with Crippen LogP contribution in [0.2, 0.25) is 10.0 Å². The van der Waals surface area contributed by atoms with E-state index < -0.39 is 17.8 Å². The van der Waals surface area contributed by atoms with Crippen LogP contribution in [0.25, 0.3) is 0 Å². The van der Waals surface area contributed by atoms with Gasteiger partial charge in [0.25, 0.3) is 0 Å². The van der Waals surface area contributed by atoms with Crippen LogP contribution < -0.4 is 5.32 Å². The van der Waals surface area contributed by atoms with E-state index in [0.717, 1.165) is 6.07 Å². The first kappa shape index (κ1) is 18.7. The van der Waals surface area contributed by atoms with Crippen molar-refractivity contribution in [2.75, 3.05) is 5.32 Å². The number of alkyl halides is 5. The molecule has 1 heterocycles. The fourth-order valence-corrected chi connectivity index (χ4v) is 2.61. The van der Waals surface area contributed by atoms with Gasteiger partial charge in [0.1, 0.15) is 0 Å². The molecule has 2 aromatic rings. The summed E-state index contributed by atoms with van der Waals surface area (Å²) in [7, 11) is 0. The van der Waals surface area contributed by atoms with Crippen LogP contribution in [0, 0.1) is 0 Å². The van der Waals surface area contributed by atoms with Crippen LogP contribution in [0.3, 0.4) is 0 Å². The molecule has 1 aliphatic rings. The molecule has 2 nitrogen and oxygen atoms in total. The molecule has 0 aliphatic carbocycles. The Balaban J connectivity index is 2.23.